The van der Waals surface area contributed by atoms with Crippen molar-refractivity contribution in [2.45, 2.75) is 108 Å². The van der Waals surface area contributed by atoms with E-state index in [1.807, 2.05) is 0 Å². The van der Waals surface area contributed by atoms with Crippen molar-refractivity contribution in [3.05, 3.63) is 0 Å². The lowest BCUT2D eigenvalue weighted by atomic mass is 9.61. The monoisotopic (exact) mass is 384 g/mol. The van der Waals surface area contributed by atoms with Gasteiger partial charge in [0.1, 0.15) is 5.60 Å². The summed E-state index contributed by atoms with van der Waals surface area (Å²) >= 11 is 0. The first-order chi connectivity index (χ1) is 12.8. The summed E-state index contributed by atoms with van der Waals surface area (Å²) in [6.07, 6.45) is 7.33. The van der Waals surface area contributed by atoms with Crippen LogP contribution in [-0.2, 0) is 18.9 Å². The van der Waals surface area contributed by atoms with Crippen LogP contribution in [0, 0.1) is 17.8 Å². The molecule has 2 aliphatic heterocycles. The summed E-state index contributed by atoms with van der Waals surface area (Å²) < 4.78 is 24.2. The fourth-order valence-electron chi connectivity index (χ4n) is 5.99. The van der Waals surface area contributed by atoms with Gasteiger partial charge >= 0.3 is 0 Å². The van der Waals surface area contributed by atoms with Gasteiger partial charge in [-0.1, -0.05) is 26.2 Å². The average Bonchev–Trinajstić information content (AvgIpc) is 2.74. The van der Waals surface area contributed by atoms with Crippen LogP contribution in [0.5, 0.6) is 0 Å². The molecule has 6 heteroatoms. The molecule has 0 aromatic carbocycles. The van der Waals surface area contributed by atoms with Crippen molar-refractivity contribution < 1.29 is 29.2 Å². The summed E-state index contributed by atoms with van der Waals surface area (Å²) in [6, 6.07) is 0. The van der Waals surface area contributed by atoms with Crippen molar-refractivity contribution in [2.75, 3.05) is 7.11 Å². The minimum absolute atomic E-state index is 0.00747. The zero-order chi connectivity index (χ0) is 19.2. The van der Waals surface area contributed by atoms with Crippen LogP contribution >= 0.6 is 0 Å². The van der Waals surface area contributed by atoms with E-state index in [2.05, 4.69) is 6.92 Å². The van der Waals surface area contributed by atoms with E-state index in [1.54, 1.807) is 14.0 Å². The first-order valence-electron chi connectivity index (χ1n) is 10.8. The molecule has 156 valence electrons. The summed E-state index contributed by atoms with van der Waals surface area (Å²) in [5.41, 5.74) is -1.05. The van der Waals surface area contributed by atoms with Gasteiger partial charge in [0.05, 0.1) is 12.2 Å². The van der Waals surface area contributed by atoms with Gasteiger partial charge in [0.2, 0.25) is 0 Å². The highest BCUT2D eigenvalue weighted by atomic mass is 16.8. The number of methoxy groups -OCH3 is 1. The first kappa shape index (κ1) is 20.0. The van der Waals surface area contributed by atoms with Crippen LogP contribution in [0.4, 0.5) is 0 Å². The van der Waals surface area contributed by atoms with Crippen LogP contribution in [0.3, 0.4) is 0 Å². The molecule has 0 aromatic rings. The summed E-state index contributed by atoms with van der Waals surface area (Å²) in [5, 5.41) is 22.3. The number of aliphatic hydroxyl groups is 2. The maximum atomic E-state index is 11.7. The zero-order valence-electron chi connectivity index (χ0n) is 16.9. The Morgan fingerprint density at radius 1 is 0.963 bits per heavy atom. The molecule has 0 aromatic heterocycles. The van der Waals surface area contributed by atoms with Crippen molar-refractivity contribution in [2.24, 2.45) is 17.8 Å². The molecule has 9 atom stereocenters. The van der Waals surface area contributed by atoms with E-state index in [-0.39, 0.29) is 30.0 Å². The Labute approximate surface area is 162 Å². The minimum Gasteiger partial charge on any atom is -0.384 e. The SMILES string of the molecule is COC1CCCCC1OC1O[C@@H]2OC(C)(O)CCC3CCCC([C@H]1C)[C@]32O. The second-order valence-corrected chi connectivity index (χ2v) is 9.38. The van der Waals surface area contributed by atoms with Crippen molar-refractivity contribution in [3.63, 3.8) is 0 Å². The number of hydrogen-bond donors (Lipinski definition) is 2. The number of rotatable bonds is 3. The van der Waals surface area contributed by atoms with Crippen molar-refractivity contribution in [1.82, 2.24) is 0 Å². The van der Waals surface area contributed by atoms with Gasteiger partial charge in [0, 0.05) is 25.4 Å². The smallest absolute Gasteiger partial charge is 0.193 e. The second kappa shape index (κ2) is 7.54. The lowest BCUT2D eigenvalue weighted by Crippen LogP contribution is -2.66. The van der Waals surface area contributed by atoms with Crippen LogP contribution in [0.25, 0.3) is 0 Å². The van der Waals surface area contributed by atoms with Gasteiger partial charge in [-0.2, -0.15) is 0 Å². The maximum absolute atomic E-state index is 11.7. The van der Waals surface area contributed by atoms with Crippen LogP contribution in [0.15, 0.2) is 0 Å². The van der Waals surface area contributed by atoms with Gasteiger partial charge in [-0.15, -0.1) is 0 Å². The molecule has 2 saturated heterocycles. The predicted octanol–water partition coefficient (Wildman–Crippen LogP) is 2.95. The molecule has 6 nitrogen and oxygen atoms in total. The molecule has 2 saturated carbocycles. The standard InChI is InChI=1S/C21H36O6/c1-13-15-8-6-7-14-11-12-20(2,22)27-19(21(14,15)23)26-18(13)25-17-10-5-4-9-16(17)24-3/h13-19,22-23H,4-12H2,1-3H3/t13-,14?,15?,16?,17?,18?,19-,20?,21-/m1/s1. The normalized spacial score (nSPS) is 53.4. The molecule has 2 heterocycles. The Balaban J connectivity index is 1.57. The van der Waals surface area contributed by atoms with Crippen molar-refractivity contribution >= 4 is 0 Å². The molecule has 0 radical (unpaired) electrons. The third kappa shape index (κ3) is 3.58. The quantitative estimate of drug-likeness (QED) is 0.779. The van der Waals surface area contributed by atoms with Crippen LogP contribution < -0.4 is 0 Å². The van der Waals surface area contributed by atoms with Crippen molar-refractivity contribution in [1.29, 1.82) is 0 Å². The molecule has 0 spiro atoms. The highest BCUT2D eigenvalue weighted by Crippen LogP contribution is 2.54. The van der Waals surface area contributed by atoms with E-state index >= 15 is 0 Å². The second-order valence-electron chi connectivity index (χ2n) is 9.38. The minimum atomic E-state index is -1.28. The van der Waals surface area contributed by atoms with E-state index in [4.69, 9.17) is 18.9 Å². The molecule has 0 amide bonds. The van der Waals surface area contributed by atoms with Crippen LogP contribution in [0.1, 0.15) is 71.6 Å². The predicted molar refractivity (Wildman–Crippen MR) is 98.7 cm³/mol. The highest BCUT2D eigenvalue weighted by molar-refractivity contribution is 5.05. The fraction of sp³-hybridized carbons (Fsp3) is 1.00. The van der Waals surface area contributed by atoms with Gasteiger partial charge in [-0.3, -0.25) is 0 Å². The molecule has 0 bridgehead atoms. The number of hydrogen-bond acceptors (Lipinski definition) is 6. The topological polar surface area (TPSA) is 77.4 Å². The third-order valence-electron chi connectivity index (χ3n) is 7.59. The lowest BCUT2D eigenvalue weighted by Gasteiger charge is -2.56. The molecule has 2 aliphatic carbocycles. The molecular formula is C21H36O6. The molecule has 27 heavy (non-hydrogen) atoms. The Morgan fingerprint density at radius 3 is 2.44 bits per heavy atom. The van der Waals surface area contributed by atoms with Gasteiger partial charge in [0.15, 0.2) is 18.4 Å². The molecule has 2 N–H and O–H groups in total. The van der Waals surface area contributed by atoms with E-state index in [1.165, 1.54) is 0 Å². The maximum Gasteiger partial charge on any atom is 0.193 e. The lowest BCUT2D eigenvalue weighted by molar-refractivity contribution is -0.412. The summed E-state index contributed by atoms with van der Waals surface area (Å²) in [6.45, 7) is 3.79. The zero-order valence-corrected chi connectivity index (χ0v) is 16.9. The van der Waals surface area contributed by atoms with Crippen molar-refractivity contribution in [3.8, 4) is 0 Å². The fourth-order valence-corrected chi connectivity index (χ4v) is 5.99. The van der Waals surface area contributed by atoms with E-state index in [9.17, 15) is 10.2 Å². The first-order valence-corrected chi connectivity index (χ1v) is 10.8. The van der Waals surface area contributed by atoms with Gasteiger partial charge in [-0.25, -0.2) is 0 Å². The van der Waals surface area contributed by atoms with E-state index in [0.717, 1.165) is 51.4 Å². The Hall–Kier alpha value is -0.240. The Bertz CT molecular complexity index is 525. The molecule has 6 unspecified atom stereocenters. The van der Waals surface area contributed by atoms with E-state index in [0.29, 0.717) is 6.42 Å². The van der Waals surface area contributed by atoms with Gasteiger partial charge in [-0.05, 0) is 44.9 Å². The van der Waals surface area contributed by atoms with E-state index < -0.39 is 24.0 Å². The molecule has 4 aliphatic rings. The van der Waals surface area contributed by atoms with Gasteiger partial charge < -0.3 is 29.2 Å². The summed E-state index contributed by atoms with van der Waals surface area (Å²) in [7, 11) is 1.74. The third-order valence-corrected chi connectivity index (χ3v) is 7.59. The van der Waals surface area contributed by atoms with Gasteiger partial charge in [0.25, 0.3) is 0 Å². The summed E-state index contributed by atoms with van der Waals surface area (Å²) in [4.78, 5) is 0. The highest BCUT2D eigenvalue weighted by Gasteiger charge is 2.62. The molecule has 4 rings (SSSR count). The van der Waals surface area contributed by atoms with Crippen LogP contribution in [-0.4, -0.2) is 53.5 Å². The molecule has 4 fully saturated rings. The summed E-state index contributed by atoms with van der Waals surface area (Å²) in [5.74, 6) is -1.06. The Kier molecular flexibility index (Phi) is 5.60. The Morgan fingerprint density at radius 2 is 1.70 bits per heavy atom. The number of ether oxygens (including phenoxy) is 4. The average molecular weight is 385 g/mol. The van der Waals surface area contributed by atoms with Crippen LogP contribution in [0.2, 0.25) is 0 Å². The largest absolute Gasteiger partial charge is 0.384 e. The molecular weight excluding hydrogens is 348 g/mol.